The Kier molecular flexibility index (Phi) is 10.1. The minimum absolute atomic E-state index is 0. The molecule has 1 aliphatic carbocycles. The van der Waals surface area contributed by atoms with Gasteiger partial charge in [0.15, 0.2) is 5.96 Å². The number of halogens is 1. The summed E-state index contributed by atoms with van der Waals surface area (Å²) in [6.07, 6.45) is 4.30. The second-order valence-corrected chi connectivity index (χ2v) is 8.77. The molecule has 1 aromatic heterocycles. The van der Waals surface area contributed by atoms with E-state index >= 15 is 0 Å². The second-order valence-electron chi connectivity index (χ2n) is 6.77. The lowest BCUT2D eigenvalue weighted by Crippen LogP contribution is -2.46. The Balaban J connectivity index is 0.00000338. The van der Waals surface area contributed by atoms with Crippen LogP contribution >= 0.6 is 24.0 Å². The Labute approximate surface area is 177 Å². The average Bonchev–Trinajstić information content (AvgIpc) is 2.84. The predicted octanol–water partition coefficient (Wildman–Crippen LogP) is 2.79. The summed E-state index contributed by atoms with van der Waals surface area (Å²) in [7, 11) is 1.27. The highest BCUT2D eigenvalue weighted by molar-refractivity contribution is 14.0. The minimum Gasteiger partial charge on any atom is -0.357 e. The lowest BCUT2D eigenvalue weighted by atomic mass is 9.95. The third-order valence-corrected chi connectivity index (χ3v) is 6.76. The highest BCUT2D eigenvalue weighted by Gasteiger charge is 2.26. The van der Waals surface area contributed by atoms with Crippen LogP contribution in [0.15, 0.2) is 4.99 Å². The normalized spacial score (nSPS) is 21.8. The molecule has 3 unspecified atom stereocenters. The maximum atomic E-state index is 12.1. The number of hydrogen-bond acceptors (Lipinski definition) is 3. The Morgan fingerprint density at radius 2 is 2.08 bits per heavy atom. The molecule has 2 rings (SSSR count). The lowest BCUT2D eigenvalue weighted by molar-refractivity contribution is 0.413. The molecule has 0 radical (unpaired) electrons. The van der Waals surface area contributed by atoms with Gasteiger partial charge in [-0.25, -0.2) is 4.99 Å². The van der Waals surface area contributed by atoms with Crippen molar-refractivity contribution in [1.82, 2.24) is 20.4 Å². The van der Waals surface area contributed by atoms with Crippen LogP contribution in [-0.2, 0) is 24.4 Å². The largest absolute Gasteiger partial charge is 0.357 e. The molecule has 0 aromatic carbocycles. The molecule has 8 heteroatoms. The number of aliphatic imine (C=N–C) groups is 1. The van der Waals surface area contributed by atoms with Gasteiger partial charge in [-0.15, -0.1) is 24.0 Å². The van der Waals surface area contributed by atoms with Gasteiger partial charge in [-0.05, 0) is 40.0 Å². The first-order valence-corrected chi connectivity index (χ1v) is 10.8. The van der Waals surface area contributed by atoms with E-state index in [1.807, 2.05) is 25.6 Å². The van der Waals surface area contributed by atoms with Crippen LogP contribution in [-0.4, -0.2) is 43.5 Å². The smallest absolute Gasteiger partial charge is 0.191 e. The van der Waals surface area contributed by atoms with Crippen molar-refractivity contribution < 1.29 is 4.21 Å². The number of hydrogen-bond donors (Lipinski definition) is 2. The fourth-order valence-corrected chi connectivity index (χ4v) is 4.82. The van der Waals surface area contributed by atoms with Crippen LogP contribution in [0.5, 0.6) is 0 Å². The molecule has 0 amide bonds. The zero-order chi connectivity index (χ0) is 18.4. The summed E-state index contributed by atoms with van der Waals surface area (Å²) < 4.78 is 14.0. The van der Waals surface area contributed by atoms with Gasteiger partial charge in [-0.2, -0.15) is 5.10 Å². The van der Waals surface area contributed by atoms with Crippen molar-refractivity contribution >= 4 is 40.7 Å². The van der Waals surface area contributed by atoms with Crippen molar-refractivity contribution in [2.75, 3.05) is 12.3 Å². The van der Waals surface area contributed by atoms with Gasteiger partial charge in [0.05, 0.1) is 12.2 Å². The minimum atomic E-state index is -0.701. The first-order chi connectivity index (χ1) is 12.0. The third kappa shape index (κ3) is 6.21. The predicted molar refractivity (Wildman–Crippen MR) is 121 cm³/mol. The van der Waals surface area contributed by atoms with Gasteiger partial charge in [-0.1, -0.05) is 13.3 Å². The number of nitrogens with one attached hydrogen (secondary N) is 2. The molecule has 26 heavy (non-hydrogen) atoms. The Morgan fingerprint density at radius 3 is 2.65 bits per heavy atom. The molecule has 3 atom stereocenters. The van der Waals surface area contributed by atoms with E-state index in [4.69, 9.17) is 4.99 Å². The van der Waals surface area contributed by atoms with Gasteiger partial charge < -0.3 is 10.6 Å². The monoisotopic (exact) mass is 495 g/mol. The Hall–Kier alpha value is -0.640. The number of aromatic nitrogens is 2. The second kappa shape index (κ2) is 11.3. The number of nitrogens with zero attached hydrogens (tertiary/aromatic N) is 3. The summed E-state index contributed by atoms with van der Waals surface area (Å²) in [5.41, 5.74) is 3.39. The first-order valence-electron chi connectivity index (χ1n) is 9.37. The zero-order valence-electron chi connectivity index (χ0n) is 16.7. The maximum Gasteiger partial charge on any atom is 0.191 e. The van der Waals surface area contributed by atoms with Gasteiger partial charge in [0.25, 0.3) is 0 Å². The summed E-state index contributed by atoms with van der Waals surface area (Å²) in [4.78, 5) is 4.77. The van der Waals surface area contributed by atoms with E-state index in [0.29, 0.717) is 17.8 Å². The summed E-state index contributed by atoms with van der Waals surface area (Å²) in [6.45, 7) is 9.65. The third-order valence-electron chi connectivity index (χ3n) is 5.02. The van der Waals surface area contributed by atoms with Gasteiger partial charge >= 0.3 is 0 Å². The molecular weight excluding hydrogens is 461 g/mol. The molecule has 1 aliphatic rings. The maximum absolute atomic E-state index is 12.1. The molecule has 0 bridgehead atoms. The van der Waals surface area contributed by atoms with Crippen LogP contribution in [0.3, 0.4) is 0 Å². The summed E-state index contributed by atoms with van der Waals surface area (Å²) in [5, 5.41) is 11.7. The molecule has 1 heterocycles. The standard InChI is InChI=1S/C18H33N5OS.HI/c1-6-19-18(20-12-17-13(3)22-23(5)14(17)4)21-15-9-8-10-16(11-15)25(24)7-2;/h15-16H,6-12H2,1-5H3,(H2,19,20,21);1H. The Bertz CT molecular complexity index is 631. The van der Waals surface area contributed by atoms with Crippen LogP contribution < -0.4 is 10.6 Å². The van der Waals surface area contributed by atoms with Crippen molar-refractivity contribution in [2.45, 2.75) is 71.2 Å². The molecule has 1 aromatic rings. The molecule has 0 saturated heterocycles. The van der Waals surface area contributed by atoms with Gasteiger partial charge in [0.2, 0.25) is 0 Å². The van der Waals surface area contributed by atoms with Crippen molar-refractivity contribution in [3.8, 4) is 0 Å². The van der Waals surface area contributed by atoms with E-state index in [1.165, 1.54) is 5.56 Å². The zero-order valence-corrected chi connectivity index (χ0v) is 19.8. The summed E-state index contributed by atoms with van der Waals surface area (Å²) in [6, 6.07) is 0.350. The van der Waals surface area contributed by atoms with Crippen molar-refractivity contribution in [1.29, 1.82) is 0 Å². The molecule has 1 saturated carbocycles. The highest BCUT2D eigenvalue weighted by atomic mass is 127. The summed E-state index contributed by atoms with van der Waals surface area (Å²) in [5.74, 6) is 1.60. The van der Waals surface area contributed by atoms with Gasteiger partial charge in [0.1, 0.15) is 0 Å². The van der Waals surface area contributed by atoms with Gasteiger partial charge in [0, 0.05) is 52.7 Å². The van der Waals surface area contributed by atoms with Crippen LogP contribution in [0.1, 0.15) is 56.5 Å². The summed E-state index contributed by atoms with van der Waals surface area (Å²) >= 11 is 0. The number of aryl methyl sites for hydroxylation is 2. The van der Waals surface area contributed by atoms with E-state index < -0.39 is 10.8 Å². The molecule has 6 nitrogen and oxygen atoms in total. The van der Waals surface area contributed by atoms with Crippen molar-refractivity contribution in [3.63, 3.8) is 0 Å². The van der Waals surface area contributed by atoms with Crippen molar-refractivity contribution in [2.24, 2.45) is 12.0 Å². The fraction of sp³-hybridized carbons (Fsp3) is 0.778. The van der Waals surface area contributed by atoms with Crippen LogP contribution in [0.25, 0.3) is 0 Å². The van der Waals surface area contributed by atoms with Crippen LogP contribution in [0.2, 0.25) is 0 Å². The van der Waals surface area contributed by atoms with Crippen LogP contribution in [0.4, 0.5) is 0 Å². The molecule has 1 fully saturated rings. The van der Waals surface area contributed by atoms with E-state index in [9.17, 15) is 4.21 Å². The molecule has 0 aliphatic heterocycles. The first kappa shape index (κ1) is 23.4. The SMILES string of the molecule is CCNC(=NCc1c(C)nn(C)c1C)NC1CCCC(S(=O)CC)C1.I. The molecule has 150 valence electrons. The van der Waals surface area contributed by atoms with E-state index in [1.54, 1.807) is 0 Å². The van der Waals surface area contributed by atoms with Gasteiger partial charge in [-0.3, -0.25) is 8.89 Å². The number of guanidine groups is 1. The van der Waals surface area contributed by atoms with E-state index in [2.05, 4.69) is 29.6 Å². The lowest BCUT2D eigenvalue weighted by Gasteiger charge is -2.30. The van der Waals surface area contributed by atoms with E-state index in [0.717, 1.165) is 55.3 Å². The average molecular weight is 495 g/mol. The molecule has 0 spiro atoms. The molecular formula is C18H34IN5OS. The fourth-order valence-electron chi connectivity index (χ4n) is 3.47. The molecule has 2 N–H and O–H groups in total. The van der Waals surface area contributed by atoms with E-state index in [-0.39, 0.29) is 24.0 Å². The quantitative estimate of drug-likeness (QED) is 0.362. The highest BCUT2D eigenvalue weighted by Crippen LogP contribution is 2.23. The van der Waals surface area contributed by atoms with Crippen molar-refractivity contribution in [3.05, 3.63) is 17.0 Å². The number of rotatable bonds is 6. The van der Waals surface area contributed by atoms with Crippen LogP contribution in [0, 0.1) is 13.8 Å². The topological polar surface area (TPSA) is 71.3 Å². The Morgan fingerprint density at radius 1 is 1.35 bits per heavy atom.